The van der Waals surface area contributed by atoms with Crippen LogP contribution in [0.1, 0.15) is 38.9 Å². The zero-order valence-corrected chi connectivity index (χ0v) is 16.7. The van der Waals surface area contributed by atoms with Crippen molar-refractivity contribution in [1.29, 1.82) is 0 Å². The molecule has 0 aliphatic heterocycles. The molecule has 3 aromatic carbocycles. The van der Waals surface area contributed by atoms with Crippen LogP contribution in [0.2, 0.25) is 0 Å². The number of phenolic OH excluding ortho intramolecular Hbond substituents is 2. The van der Waals surface area contributed by atoms with Crippen molar-refractivity contribution in [2.75, 3.05) is 0 Å². The fourth-order valence-corrected chi connectivity index (χ4v) is 3.61. The first-order chi connectivity index (χ1) is 13.9. The van der Waals surface area contributed by atoms with E-state index in [9.17, 15) is 27.8 Å². The standard InChI is InChI=1S/C23H19F5O2/c1-10-5-14(6-11(2)21(10)29)23(28,15-7-12(3)22(30)13(4)8-15)16-9-17(24)19(26)20(27)18(16)25/h5-9,29-30H,1-4H3. The van der Waals surface area contributed by atoms with E-state index in [0.717, 1.165) is 0 Å². The Morgan fingerprint density at radius 1 is 0.600 bits per heavy atom. The van der Waals surface area contributed by atoms with E-state index < -0.39 is 34.5 Å². The summed E-state index contributed by atoms with van der Waals surface area (Å²) in [5.41, 5.74) is -3.44. The van der Waals surface area contributed by atoms with Crippen LogP contribution in [-0.4, -0.2) is 10.2 Å². The molecule has 0 aliphatic carbocycles. The summed E-state index contributed by atoms with van der Waals surface area (Å²) in [4.78, 5) is 0. The minimum atomic E-state index is -2.95. The van der Waals surface area contributed by atoms with Crippen LogP contribution in [0, 0.1) is 51.0 Å². The smallest absolute Gasteiger partial charge is 0.197 e. The van der Waals surface area contributed by atoms with Crippen LogP contribution in [-0.2, 0) is 5.67 Å². The number of alkyl halides is 1. The maximum Gasteiger partial charge on any atom is 0.197 e. The van der Waals surface area contributed by atoms with Gasteiger partial charge in [-0.1, -0.05) is 0 Å². The van der Waals surface area contributed by atoms with Crippen molar-refractivity contribution in [3.63, 3.8) is 0 Å². The summed E-state index contributed by atoms with van der Waals surface area (Å²) in [7, 11) is 0. The van der Waals surface area contributed by atoms with Crippen molar-refractivity contribution < 1.29 is 32.2 Å². The Labute approximate surface area is 170 Å². The van der Waals surface area contributed by atoms with Gasteiger partial charge in [-0.25, -0.2) is 22.0 Å². The van der Waals surface area contributed by atoms with Gasteiger partial charge in [0.15, 0.2) is 28.9 Å². The number of phenols is 2. The van der Waals surface area contributed by atoms with E-state index in [-0.39, 0.29) is 50.9 Å². The van der Waals surface area contributed by atoms with Gasteiger partial charge in [-0.2, -0.15) is 0 Å². The summed E-state index contributed by atoms with van der Waals surface area (Å²) >= 11 is 0. The normalized spacial score (nSPS) is 11.8. The summed E-state index contributed by atoms with van der Waals surface area (Å²) in [6.45, 7) is 5.95. The molecule has 0 spiro atoms. The molecule has 0 amide bonds. The van der Waals surface area contributed by atoms with Crippen molar-refractivity contribution in [3.05, 3.63) is 92.5 Å². The third-order valence-electron chi connectivity index (χ3n) is 5.25. The van der Waals surface area contributed by atoms with Crippen LogP contribution in [0.4, 0.5) is 22.0 Å². The van der Waals surface area contributed by atoms with Crippen LogP contribution in [0.5, 0.6) is 11.5 Å². The number of hydrogen-bond acceptors (Lipinski definition) is 2. The molecule has 0 saturated heterocycles. The molecule has 0 aromatic heterocycles. The van der Waals surface area contributed by atoms with Crippen LogP contribution in [0.15, 0.2) is 30.3 Å². The van der Waals surface area contributed by atoms with E-state index in [2.05, 4.69) is 0 Å². The predicted molar refractivity (Wildman–Crippen MR) is 102 cm³/mol. The second kappa shape index (κ2) is 7.31. The number of hydrogen-bond donors (Lipinski definition) is 2. The molecule has 7 heteroatoms. The summed E-state index contributed by atoms with van der Waals surface area (Å²) < 4.78 is 73.2. The molecule has 2 nitrogen and oxygen atoms in total. The topological polar surface area (TPSA) is 40.5 Å². The van der Waals surface area contributed by atoms with Crippen LogP contribution >= 0.6 is 0 Å². The van der Waals surface area contributed by atoms with Gasteiger partial charge in [0, 0.05) is 5.56 Å². The fourth-order valence-electron chi connectivity index (χ4n) is 3.61. The molecular formula is C23H19F5O2. The van der Waals surface area contributed by atoms with E-state index in [1.54, 1.807) is 0 Å². The summed E-state index contributed by atoms with van der Waals surface area (Å²) in [5.74, 6) is -8.03. The summed E-state index contributed by atoms with van der Waals surface area (Å²) in [6, 6.07) is 5.16. The van der Waals surface area contributed by atoms with Crippen LogP contribution in [0.25, 0.3) is 0 Å². The highest BCUT2D eigenvalue weighted by atomic mass is 19.2. The fraction of sp³-hybridized carbons (Fsp3) is 0.217. The van der Waals surface area contributed by atoms with Crippen molar-refractivity contribution in [3.8, 4) is 11.5 Å². The van der Waals surface area contributed by atoms with Gasteiger partial charge >= 0.3 is 0 Å². The molecule has 0 saturated carbocycles. The molecule has 0 unspecified atom stereocenters. The van der Waals surface area contributed by atoms with Crippen LogP contribution in [0.3, 0.4) is 0 Å². The Hall–Kier alpha value is -3.09. The molecule has 3 rings (SSSR count). The van der Waals surface area contributed by atoms with Crippen molar-refractivity contribution >= 4 is 0 Å². The molecule has 0 heterocycles. The lowest BCUT2D eigenvalue weighted by atomic mass is 9.79. The lowest BCUT2D eigenvalue weighted by Crippen LogP contribution is -2.27. The molecule has 3 aromatic rings. The molecule has 0 aliphatic rings. The van der Waals surface area contributed by atoms with E-state index in [0.29, 0.717) is 0 Å². The van der Waals surface area contributed by atoms with Crippen molar-refractivity contribution in [1.82, 2.24) is 0 Å². The summed E-state index contributed by atoms with van der Waals surface area (Å²) in [5, 5.41) is 20.1. The monoisotopic (exact) mass is 422 g/mol. The minimum absolute atomic E-state index is 0.115. The lowest BCUT2D eigenvalue weighted by molar-refractivity contribution is 0.262. The third-order valence-corrected chi connectivity index (χ3v) is 5.25. The second-order valence-electron chi connectivity index (χ2n) is 7.42. The van der Waals surface area contributed by atoms with E-state index in [1.807, 2.05) is 0 Å². The number of aryl methyl sites for hydroxylation is 4. The van der Waals surface area contributed by atoms with Crippen LogP contribution < -0.4 is 0 Å². The highest BCUT2D eigenvalue weighted by Gasteiger charge is 2.42. The highest BCUT2D eigenvalue weighted by Crippen LogP contribution is 2.46. The Morgan fingerprint density at radius 2 is 0.967 bits per heavy atom. The number of rotatable bonds is 3. The molecule has 2 N–H and O–H groups in total. The van der Waals surface area contributed by atoms with Gasteiger partial charge in [-0.15, -0.1) is 0 Å². The largest absolute Gasteiger partial charge is 0.507 e. The third kappa shape index (κ3) is 3.18. The molecule has 0 fully saturated rings. The quantitative estimate of drug-likeness (QED) is 0.230. The Morgan fingerprint density at radius 3 is 1.33 bits per heavy atom. The average Bonchev–Trinajstić information content (AvgIpc) is 2.69. The first-order valence-electron chi connectivity index (χ1n) is 9.03. The van der Waals surface area contributed by atoms with Gasteiger partial charge in [-0.05, 0) is 91.4 Å². The number of halogens is 5. The Balaban J connectivity index is 2.48. The van der Waals surface area contributed by atoms with Gasteiger partial charge in [0.25, 0.3) is 0 Å². The van der Waals surface area contributed by atoms with Gasteiger partial charge in [0.2, 0.25) is 0 Å². The predicted octanol–water partition coefficient (Wildman–Crippen LogP) is 6.15. The zero-order chi connectivity index (χ0) is 22.5. The second-order valence-corrected chi connectivity index (χ2v) is 7.42. The van der Waals surface area contributed by atoms with Gasteiger partial charge in [0.05, 0.1) is 0 Å². The average molecular weight is 422 g/mol. The first-order valence-corrected chi connectivity index (χ1v) is 9.03. The van der Waals surface area contributed by atoms with Gasteiger partial charge < -0.3 is 10.2 Å². The van der Waals surface area contributed by atoms with Gasteiger partial charge in [-0.3, -0.25) is 0 Å². The van der Waals surface area contributed by atoms with Gasteiger partial charge in [0.1, 0.15) is 11.5 Å². The SMILES string of the molecule is Cc1cc(C(F)(c2cc(C)c(O)c(C)c2)c2cc(F)c(F)c(F)c2F)cc(C)c1O. The molecule has 0 radical (unpaired) electrons. The molecule has 0 bridgehead atoms. The van der Waals surface area contributed by atoms with E-state index in [1.165, 1.54) is 52.0 Å². The molecule has 158 valence electrons. The maximum absolute atomic E-state index is 16.9. The zero-order valence-electron chi connectivity index (χ0n) is 16.7. The number of aromatic hydroxyl groups is 2. The minimum Gasteiger partial charge on any atom is -0.507 e. The van der Waals surface area contributed by atoms with Crippen molar-refractivity contribution in [2.24, 2.45) is 0 Å². The van der Waals surface area contributed by atoms with Crippen molar-refractivity contribution in [2.45, 2.75) is 33.4 Å². The Kier molecular flexibility index (Phi) is 5.26. The number of benzene rings is 3. The lowest BCUT2D eigenvalue weighted by Gasteiger charge is -2.29. The van der Waals surface area contributed by atoms with E-state index >= 15 is 4.39 Å². The summed E-state index contributed by atoms with van der Waals surface area (Å²) in [6.07, 6.45) is 0. The molecule has 30 heavy (non-hydrogen) atoms. The molecule has 0 atom stereocenters. The maximum atomic E-state index is 16.9. The van der Waals surface area contributed by atoms with E-state index in [4.69, 9.17) is 0 Å². The first kappa shape index (κ1) is 21.6. The highest BCUT2D eigenvalue weighted by molar-refractivity contribution is 5.56. The Bertz CT molecular complexity index is 1070. The molecular weight excluding hydrogens is 403 g/mol.